The predicted molar refractivity (Wildman–Crippen MR) is 102 cm³/mol. The number of hydrogen-bond acceptors (Lipinski definition) is 2. The van der Waals surface area contributed by atoms with Crippen LogP contribution < -0.4 is 5.73 Å². The van der Waals surface area contributed by atoms with Crippen molar-refractivity contribution in [2.24, 2.45) is 5.73 Å². The Hall–Kier alpha value is -2.13. The molecular formula is C22H28N2O. The van der Waals surface area contributed by atoms with E-state index in [-0.39, 0.29) is 11.9 Å². The van der Waals surface area contributed by atoms with Gasteiger partial charge in [-0.15, -0.1) is 0 Å². The number of carbonyl (C=O) groups excluding carboxylic acids is 1. The zero-order chi connectivity index (χ0) is 17.7. The maximum absolute atomic E-state index is 12.7. The first kappa shape index (κ1) is 17.7. The molecule has 1 saturated heterocycles. The van der Waals surface area contributed by atoms with Crippen LogP contribution in [0, 0.1) is 0 Å². The lowest BCUT2D eigenvalue weighted by molar-refractivity contribution is -0.126. The Morgan fingerprint density at radius 3 is 1.84 bits per heavy atom. The first-order valence-corrected chi connectivity index (χ1v) is 9.34. The Balaban J connectivity index is 2.19. The van der Waals surface area contributed by atoms with Crippen LogP contribution in [0.25, 0.3) is 0 Å². The molecule has 2 aromatic carbocycles. The van der Waals surface area contributed by atoms with Gasteiger partial charge in [-0.25, -0.2) is 0 Å². The fraction of sp³-hybridized carbons (Fsp3) is 0.409. The molecule has 1 unspecified atom stereocenters. The van der Waals surface area contributed by atoms with E-state index in [4.69, 9.17) is 5.73 Å². The number of piperidine rings is 1. The third kappa shape index (κ3) is 3.34. The summed E-state index contributed by atoms with van der Waals surface area (Å²) in [6, 6.07) is 20.5. The molecule has 1 aliphatic rings. The Morgan fingerprint density at radius 2 is 1.44 bits per heavy atom. The van der Waals surface area contributed by atoms with E-state index in [0.29, 0.717) is 0 Å². The average molecular weight is 336 g/mol. The molecule has 3 heteroatoms. The highest BCUT2D eigenvalue weighted by atomic mass is 16.1. The van der Waals surface area contributed by atoms with Gasteiger partial charge in [0.2, 0.25) is 5.91 Å². The molecule has 3 nitrogen and oxygen atoms in total. The van der Waals surface area contributed by atoms with Gasteiger partial charge in [0.25, 0.3) is 0 Å². The van der Waals surface area contributed by atoms with E-state index in [2.05, 4.69) is 60.4 Å². The van der Waals surface area contributed by atoms with Crippen LogP contribution >= 0.6 is 0 Å². The van der Waals surface area contributed by atoms with Crippen molar-refractivity contribution in [3.63, 3.8) is 0 Å². The lowest BCUT2D eigenvalue weighted by Gasteiger charge is -2.46. The largest absolute Gasteiger partial charge is 0.368 e. The Labute approximate surface area is 150 Å². The zero-order valence-corrected chi connectivity index (χ0v) is 15.0. The molecule has 132 valence electrons. The molecule has 2 N–H and O–H groups in total. The smallest absolute Gasteiger partial charge is 0.236 e. The van der Waals surface area contributed by atoms with Gasteiger partial charge in [0.05, 0.1) is 0 Å². The van der Waals surface area contributed by atoms with Gasteiger partial charge in [0, 0.05) is 5.41 Å². The highest BCUT2D eigenvalue weighted by molar-refractivity contribution is 5.83. The molecule has 1 amide bonds. The number of hydrogen-bond donors (Lipinski definition) is 1. The second-order valence-corrected chi connectivity index (χ2v) is 6.96. The van der Waals surface area contributed by atoms with E-state index in [1.54, 1.807) is 0 Å². The van der Waals surface area contributed by atoms with Gasteiger partial charge in [-0.3, -0.25) is 9.69 Å². The summed E-state index contributed by atoms with van der Waals surface area (Å²) in [5, 5.41) is 0. The topological polar surface area (TPSA) is 46.3 Å². The number of likely N-dealkylation sites (tertiary alicyclic amines) is 1. The lowest BCUT2D eigenvalue weighted by atomic mass is 9.66. The van der Waals surface area contributed by atoms with Crippen LogP contribution in [0.5, 0.6) is 0 Å². The molecule has 1 heterocycles. The van der Waals surface area contributed by atoms with Crippen molar-refractivity contribution >= 4 is 5.91 Å². The van der Waals surface area contributed by atoms with E-state index in [9.17, 15) is 4.79 Å². The lowest BCUT2D eigenvalue weighted by Crippen LogP contribution is -2.59. The molecule has 1 fully saturated rings. The molecular weight excluding hydrogens is 308 g/mol. The molecule has 0 radical (unpaired) electrons. The van der Waals surface area contributed by atoms with Gasteiger partial charge in [0.1, 0.15) is 6.04 Å². The maximum atomic E-state index is 12.7. The number of nitrogens with two attached hydrogens (primary N) is 1. The molecule has 1 aliphatic heterocycles. The zero-order valence-electron chi connectivity index (χ0n) is 15.0. The van der Waals surface area contributed by atoms with E-state index >= 15 is 0 Å². The molecule has 1 atom stereocenters. The standard InChI is InChI=1S/C22H28N2O/c1-2-22(18-12-6-3-7-13-18,19-14-8-4-9-15-19)20(21(23)25)24-16-10-5-11-17-24/h3-4,6-9,12-15,20H,2,5,10-11,16-17H2,1H3,(H2,23,25). The quantitative estimate of drug-likeness (QED) is 0.874. The van der Waals surface area contributed by atoms with Crippen molar-refractivity contribution in [1.29, 1.82) is 0 Å². The van der Waals surface area contributed by atoms with Crippen molar-refractivity contribution in [3.8, 4) is 0 Å². The van der Waals surface area contributed by atoms with E-state index in [0.717, 1.165) is 43.5 Å². The van der Waals surface area contributed by atoms with Crippen LogP contribution in [0.15, 0.2) is 60.7 Å². The number of amides is 1. The van der Waals surface area contributed by atoms with E-state index in [1.807, 2.05) is 12.1 Å². The number of primary amides is 1. The minimum absolute atomic E-state index is 0.226. The van der Waals surface area contributed by atoms with Gasteiger partial charge in [0.15, 0.2) is 0 Å². The summed E-state index contributed by atoms with van der Waals surface area (Å²) in [5.41, 5.74) is 7.93. The van der Waals surface area contributed by atoms with Crippen molar-refractivity contribution in [2.75, 3.05) is 13.1 Å². The van der Waals surface area contributed by atoms with Crippen LogP contribution in [0.4, 0.5) is 0 Å². The molecule has 0 aromatic heterocycles. The van der Waals surface area contributed by atoms with Crippen LogP contribution in [0.2, 0.25) is 0 Å². The fourth-order valence-corrected chi connectivity index (χ4v) is 4.47. The predicted octanol–water partition coefficient (Wildman–Crippen LogP) is 3.72. The summed E-state index contributed by atoms with van der Waals surface area (Å²) in [7, 11) is 0. The molecule has 2 aromatic rings. The first-order chi connectivity index (χ1) is 12.2. The van der Waals surface area contributed by atoms with Crippen LogP contribution in [0.1, 0.15) is 43.7 Å². The van der Waals surface area contributed by atoms with Crippen molar-refractivity contribution in [2.45, 2.75) is 44.1 Å². The summed E-state index contributed by atoms with van der Waals surface area (Å²) >= 11 is 0. The van der Waals surface area contributed by atoms with Crippen molar-refractivity contribution in [1.82, 2.24) is 4.90 Å². The first-order valence-electron chi connectivity index (χ1n) is 9.34. The summed E-state index contributed by atoms with van der Waals surface area (Å²) in [6.45, 7) is 4.05. The minimum atomic E-state index is -0.425. The molecule has 0 spiro atoms. The van der Waals surface area contributed by atoms with Gasteiger partial charge in [-0.05, 0) is 43.5 Å². The van der Waals surface area contributed by atoms with E-state index < -0.39 is 5.41 Å². The Morgan fingerprint density at radius 1 is 0.960 bits per heavy atom. The molecule has 0 saturated carbocycles. The Bertz CT molecular complexity index is 638. The van der Waals surface area contributed by atoms with Gasteiger partial charge in [-0.2, -0.15) is 0 Å². The van der Waals surface area contributed by atoms with Gasteiger partial charge >= 0.3 is 0 Å². The van der Waals surface area contributed by atoms with Crippen LogP contribution in [-0.4, -0.2) is 29.9 Å². The second-order valence-electron chi connectivity index (χ2n) is 6.96. The summed E-state index contributed by atoms with van der Waals surface area (Å²) < 4.78 is 0. The van der Waals surface area contributed by atoms with Crippen molar-refractivity contribution < 1.29 is 4.79 Å². The van der Waals surface area contributed by atoms with Crippen LogP contribution in [0.3, 0.4) is 0 Å². The summed E-state index contributed by atoms with van der Waals surface area (Å²) in [6.07, 6.45) is 4.32. The maximum Gasteiger partial charge on any atom is 0.236 e. The highest BCUT2D eigenvalue weighted by Gasteiger charge is 2.46. The highest BCUT2D eigenvalue weighted by Crippen LogP contribution is 2.41. The van der Waals surface area contributed by atoms with E-state index in [1.165, 1.54) is 6.42 Å². The average Bonchev–Trinajstić information content (AvgIpc) is 2.68. The summed E-state index contributed by atoms with van der Waals surface area (Å²) in [4.78, 5) is 15.0. The molecule has 0 bridgehead atoms. The van der Waals surface area contributed by atoms with Gasteiger partial charge < -0.3 is 5.73 Å². The normalized spacial score (nSPS) is 17.2. The number of carbonyl (C=O) groups is 1. The SMILES string of the molecule is CCC(c1ccccc1)(c1ccccc1)C(C(N)=O)N1CCCCC1. The number of benzene rings is 2. The third-order valence-electron chi connectivity index (χ3n) is 5.63. The van der Waals surface area contributed by atoms with Crippen LogP contribution in [-0.2, 0) is 10.2 Å². The summed E-state index contributed by atoms with van der Waals surface area (Å²) in [5.74, 6) is -0.226. The number of nitrogens with zero attached hydrogens (tertiary/aromatic N) is 1. The molecule has 3 rings (SSSR count). The van der Waals surface area contributed by atoms with Gasteiger partial charge in [-0.1, -0.05) is 74.0 Å². The van der Waals surface area contributed by atoms with Crippen molar-refractivity contribution in [3.05, 3.63) is 71.8 Å². The fourth-order valence-electron chi connectivity index (χ4n) is 4.47. The molecule has 0 aliphatic carbocycles. The Kier molecular flexibility index (Phi) is 5.54. The minimum Gasteiger partial charge on any atom is -0.368 e. The monoisotopic (exact) mass is 336 g/mol. The second kappa shape index (κ2) is 7.83. The number of rotatable bonds is 6. The molecule has 25 heavy (non-hydrogen) atoms. The third-order valence-corrected chi connectivity index (χ3v) is 5.63.